The summed E-state index contributed by atoms with van der Waals surface area (Å²) in [6.07, 6.45) is 8.85. The van der Waals surface area contributed by atoms with Gasteiger partial charge in [-0.25, -0.2) is 13.8 Å². The summed E-state index contributed by atoms with van der Waals surface area (Å²) in [5.41, 5.74) is 4.06. The number of hydrogen-bond acceptors (Lipinski definition) is 4. The van der Waals surface area contributed by atoms with Crippen LogP contribution in [0.15, 0.2) is 55.0 Å². The van der Waals surface area contributed by atoms with E-state index in [4.69, 9.17) is 0 Å². The largest absolute Gasteiger partial charge is 0.352 e. The van der Waals surface area contributed by atoms with Crippen LogP contribution in [0.25, 0.3) is 17.7 Å². The summed E-state index contributed by atoms with van der Waals surface area (Å²) >= 11 is 0. The van der Waals surface area contributed by atoms with Crippen LogP contribution in [0.1, 0.15) is 28.8 Å². The van der Waals surface area contributed by atoms with Gasteiger partial charge in [0.25, 0.3) is 5.91 Å². The molecule has 0 bridgehead atoms. The Morgan fingerprint density at radius 1 is 1.16 bits per heavy atom. The van der Waals surface area contributed by atoms with Gasteiger partial charge in [0, 0.05) is 30.9 Å². The molecule has 37 heavy (non-hydrogen) atoms. The normalized spacial score (nSPS) is 18.1. The van der Waals surface area contributed by atoms with E-state index in [0.717, 1.165) is 29.0 Å². The number of benzene rings is 2. The van der Waals surface area contributed by atoms with Crippen LogP contribution in [0, 0.1) is 17.6 Å². The van der Waals surface area contributed by atoms with Gasteiger partial charge in [0.2, 0.25) is 11.8 Å². The van der Waals surface area contributed by atoms with Crippen LogP contribution in [0.2, 0.25) is 0 Å². The number of rotatable bonds is 7. The van der Waals surface area contributed by atoms with Crippen LogP contribution >= 0.6 is 0 Å². The van der Waals surface area contributed by atoms with Crippen LogP contribution in [-0.2, 0) is 20.9 Å². The highest BCUT2D eigenvalue weighted by Gasteiger charge is 2.36. The fourth-order valence-electron chi connectivity index (χ4n) is 4.44. The first-order chi connectivity index (χ1) is 17.9. The maximum atomic E-state index is 13.4. The molecule has 10 heteroatoms. The molecule has 1 aromatic heterocycles. The minimum Gasteiger partial charge on any atom is -0.352 e. The Kier molecular flexibility index (Phi) is 6.63. The molecule has 0 spiro atoms. The molecule has 3 heterocycles. The summed E-state index contributed by atoms with van der Waals surface area (Å²) in [7, 11) is 0. The first-order valence-electron chi connectivity index (χ1n) is 11.7. The third-order valence-corrected chi connectivity index (χ3v) is 6.32. The number of nitrogens with one attached hydrogen (secondary N) is 3. The molecule has 0 aliphatic carbocycles. The molecule has 3 aromatic rings. The van der Waals surface area contributed by atoms with Gasteiger partial charge < -0.3 is 20.5 Å². The number of H-pyrrole nitrogens is 1. The Balaban J connectivity index is 1.15. The number of carbonyl (C=O) groups is 3. The van der Waals surface area contributed by atoms with E-state index in [-0.39, 0.29) is 30.8 Å². The number of imidazole rings is 1. The van der Waals surface area contributed by atoms with Crippen molar-refractivity contribution >= 4 is 41.1 Å². The highest BCUT2D eigenvalue weighted by molar-refractivity contribution is 6.34. The van der Waals surface area contributed by atoms with Crippen molar-refractivity contribution in [3.63, 3.8) is 0 Å². The number of amides is 3. The Morgan fingerprint density at radius 3 is 2.81 bits per heavy atom. The first kappa shape index (κ1) is 24.1. The molecule has 1 atom stereocenters. The van der Waals surface area contributed by atoms with Crippen LogP contribution < -0.4 is 10.6 Å². The molecule has 3 amide bonds. The second-order valence-corrected chi connectivity index (χ2v) is 8.82. The van der Waals surface area contributed by atoms with Crippen LogP contribution in [0.4, 0.5) is 14.5 Å². The molecule has 1 fully saturated rings. The van der Waals surface area contributed by atoms with Crippen LogP contribution in [-0.4, -0.2) is 45.7 Å². The Morgan fingerprint density at radius 2 is 2.03 bits per heavy atom. The van der Waals surface area contributed by atoms with Gasteiger partial charge >= 0.3 is 0 Å². The molecule has 1 unspecified atom stereocenters. The van der Waals surface area contributed by atoms with Crippen molar-refractivity contribution in [3.8, 4) is 0 Å². The van der Waals surface area contributed by atoms with E-state index in [1.54, 1.807) is 24.7 Å². The minimum atomic E-state index is -0.970. The lowest BCUT2D eigenvalue weighted by Crippen LogP contribution is -2.36. The summed E-state index contributed by atoms with van der Waals surface area (Å²) in [5.74, 6) is -3.64. The number of hydrogen-bond donors (Lipinski definition) is 3. The maximum absolute atomic E-state index is 13.4. The molecule has 2 aromatic carbocycles. The highest BCUT2D eigenvalue weighted by atomic mass is 19.2. The molecule has 0 saturated carbocycles. The monoisotopic (exact) mass is 503 g/mol. The SMILES string of the molecule is O=C1Nc2cc(/C=C/CNC(=O)C3CCN(Cc4ccc(F)c(F)c4)C3=O)ccc2/C1=C\c1cnc[nH]1. The molecule has 3 N–H and O–H groups in total. The maximum Gasteiger partial charge on any atom is 0.256 e. The van der Waals surface area contributed by atoms with Crippen molar-refractivity contribution < 1.29 is 23.2 Å². The van der Waals surface area contributed by atoms with Crippen LogP contribution in [0.3, 0.4) is 0 Å². The second kappa shape index (κ2) is 10.2. The van der Waals surface area contributed by atoms with E-state index < -0.39 is 17.6 Å². The molecule has 2 aliphatic rings. The lowest BCUT2D eigenvalue weighted by Gasteiger charge is -2.16. The number of aromatic nitrogens is 2. The molecular weight excluding hydrogens is 480 g/mol. The van der Waals surface area contributed by atoms with Gasteiger partial charge in [-0.2, -0.15) is 0 Å². The predicted molar refractivity (Wildman–Crippen MR) is 133 cm³/mol. The quantitative estimate of drug-likeness (QED) is 0.340. The number of anilines is 1. The zero-order chi connectivity index (χ0) is 25.9. The first-order valence-corrected chi connectivity index (χ1v) is 11.7. The van der Waals surface area contributed by atoms with Crippen LogP contribution in [0.5, 0.6) is 0 Å². The molecule has 5 rings (SSSR count). The minimum absolute atomic E-state index is 0.118. The average molecular weight is 504 g/mol. The second-order valence-electron chi connectivity index (χ2n) is 8.82. The van der Waals surface area contributed by atoms with Crippen molar-refractivity contribution in [2.24, 2.45) is 5.92 Å². The standard InChI is InChI=1S/C27H23F2N5O3/c28-22-6-4-17(10-23(22)29)14-34-9-7-20(27(34)37)25(35)31-8-1-2-16-3-5-19-21(12-18-13-30-15-32-18)26(36)33-24(19)11-16/h1-6,10-13,15,20H,7-9,14H2,(H,30,32)(H,31,35)(H,33,36)/b2-1+,21-12+. The van der Waals surface area contributed by atoms with Crippen molar-refractivity contribution in [3.05, 3.63) is 89.0 Å². The van der Waals surface area contributed by atoms with Gasteiger partial charge in [0.05, 0.1) is 23.8 Å². The smallest absolute Gasteiger partial charge is 0.256 e. The van der Waals surface area contributed by atoms with Gasteiger partial charge in [-0.05, 0) is 41.8 Å². The molecule has 1 saturated heterocycles. The van der Waals surface area contributed by atoms with Gasteiger partial charge in [0.15, 0.2) is 11.6 Å². The molecule has 0 radical (unpaired) electrons. The lowest BCUT2D eigenvalue weighted by molar-refractivity contribution is -0.138. The number of nitrogens with zero attached hydrogens (tertiary/aromatic N) is 2. The summed E-state index contributed by atoms with van der Waals surface area (Å²) in [4.78, 5) is 46.0. The van der Waals surface area contributed by atoms with Crippen molar-refractivity contribution in [2.45, 2.75) is 13.0 Å². The fraction of sp³-hybridized carbons (Fsp3) is 0.185. The lowest BCUT2D eigenvalue weighted by atomic mass is 10.0. The predicted octanol–water partition coefficient (Wildman–Crippen LogP) is 3.36. The number of carbonyl (C=O) groups excluding carboxylic acids is 3. The van der Waals surface area contributed by atoms with E-state index in [0.29, 0.717) is 29.8 Å². The van der Waals surface area contributed by atoms with E-state index >= 15 is 0 Å². The van der Waals surface area contributed by atoms with Crippen molar-refractivity contribution in [1.82, 2.24) is 20.2 Å². The van der Waals surface area contributed by atoms with E-state index in [1.807, 2.05) is 24.3 Å². The summed E-state index contributed by atoms with van der Waals surface area (Å²) < 4.78 is 26.6. The topological polar surface area (TPSA) is 107 Å². The van der Waals surface area contributed by atoms with Gasteiger partial charge in [0.1, 0.15) is 5.92 Å². The number of likely N-dealkylation sites (tertiary alicyclic amines) is 1. The van der Waals surface area contributed by atoms with E-state index in [2.05, 4.69) is 20.6 Å². The van der Waals surface area contributed by atoms with Gasteiger partial charge in [-0.1, -0.05) is 30.4 Å². The summed E-state index contributed by atoms with van der Waals surface area (Å²) in [5, 5.41) is 5.60. The Bertz CT molecular complexity index is 1430. The Hall–Kier alpha value is -4.60. The Labute approximate surface area is 211 Å². The molecule has 2 aliphatic heterocycles. The summed E-state index contributed by atoms with van der Waals surface area (Å²) in [6, 6.07) is 9.07. The molecule has 8 nitrogen and oxygen atoms in total. The highest BCUT2D eigenvalue weighted by Crippen LogP contribution is 2.33. The van der Waals surface area contributed by atoms with E-state index in [1.165, 1.54) is 11.0 Å². The summed E-state index contributed by atoms with van der Waals surface area (Å²) in [6.45, 7) is 0.705. The van der Waals surface area contributed by atoms with Gasteiger partial charge in [-0.15, -0.1) is 0 Å². The molecule has 188 valence electrons. The van der Waals surface area contributed by atoms with Gasteiger partial charge in [-0.3, -0.25) is 14.4 Å². The fourth-order valence-corrected chi connectivity index (χ4v) is 4.44. The van der Waals surface area contributed by atoms with E-state index in [9.17, 15) is 23.2 Å². The van der Waals surface area contributed by atoms with Crippen molar-refractivity contribution in [2.75, 3.05) is 18.4 Å². The number of fused-ring (bicyclic) bond motifs is 1. The third kappa shape index (κ3) is 5.18. The zero-order valence-electron chi connectivity index (χ0n) is 19.6. The van der Waals surface area contributed by atoms with Crippen molar-refractivity contribution in [1.29, 1.82) is 0 Å². The average Bonchev–Trinajstić information content (AvgIpc) is 3.60. The molecular formula is C27H23F2N5O3. The number of halogens is 2. The third-order valence-electron chi connectivity index (χ3n) is 6.32. The zero-order valence-corrected chi connectivity index (χ0v) is 19.6. The number of aromatic amines is 1.